The Labute approximate surface area is 125 Å². The molecular weight excluding hydrogens is 329 g/mol. The summed E-state index contributed by atoms with van der Waals surface area (Å²) in [6, 6.07) is 2.19. The molecule has 9 heteroatoms. The summed E-state index contributed by atoms with van der Waals surface area (Å²) in [4.78, 5) is 10.3. The van der Waals surface area contributed by atoms with E-state index in [0.717, 1.165) is 6.07 Å². The lowest BCUT2D eigenvalue weighted by molar-refractivity contribution is -0.139. The van der Waals surface area contributed by atoms with Gasteiger partial charge in [-0.3, -0.25) is 4.79 Å². The van der Waals surface area contributed by atoms with Gasteiger partial charge in [-0.1, -0.05) is 17.7 Å². The van der Waals surface area contributed by atoms with Crippen LogP contribution in [0.25, 0.3) is 0 Å². The summed E-state index contributed by atoms with van der Waals surface area (Å²) < 4.78 is 39.7. The fourth-order valence-corrected chi connectivity index (χ4v) is 3.44. The zero-order chi connectivity index (χ0) is 15.3. The zero-order valence-electron chi connectivity index (χ0n) is 10.5. The predicted molar refractivity (Wildman–Crippen MR) is 76.2 cm³/mol. The molecule has 1 aromatic carbocycles. The highest BCUT2D eigenvalue weighted by Gasteiger charge is 2.27. The largest absolute Gasteiger partial charge is 0.480 e. The van der Waals surface area contributed by atoms with Crippen molar-refractivity contribution in [1.29, 1.82) is 0 Å². The van der Waals surface area contributed by atoms with E-state index >= 15 is 0 Å². The van der Waals surface area contributed by atoms with Crippen LogP contribution in [0, 0.1) is 5.82 Å². The molecule has 0 aliphatic heterocycles. The van der Waals surface area contributed by atoms with E-state index in [1.165, 1.54) is 23.9 Å². The fraction of sp³-hybridized carbons (Fsp3) is 0.364. The average Bonchev–Trinajstić information content (AvgIpc) is 2.37. The highest BCUT2D eigenvalue weighted by atomic mass is 35.5. The van der Waals surface area contributed by atoms with Crippen molar-refractivity contribution in [2.75, 3.05) is 12.0 Å². The van der Waals surface area contributed by atoms with Crippen LogP contribution in [-0.2, 0) is 14.8 Å². The molecule has 112 valence electrons. The third-order valence-electron chi connectivity index (χ3n) is 2.41. The Morgan fingerprint density at radius 2 is 2.20 bits per heavy atom. The molecule has 1 unspecified atom stereocenters. The maximum Gasteiger partial charge on any atom is 0.321 e. The van der Waals surface area contributed by atoms with Gasteiger partial charge < -0.3 is 5.11 Å². The van der Waals surface area contributed by atoms with Gasteiger partial charge in [-0.05, 0) is 30.6 Å². The molecule has 0 spiro atoms. The number of nitrogens with one attached hydrogen (secondary N) is 1. The number of benzene rings is 1. The average molecular weight is 342 g/mol. The molecule has 0 aliphatic carbocycles. The van der Waals surface area contributed by atoms with Gasteiger partial charge in [-0.25, -0.2) is 12.8 Å². The number of carbonyl (C=O) groups is 1. The van der Waals surface area contributed by atoms with Crippen molar-refractivity contribution in [3.63, 3.8) is 0 Å². The van der Waals surface area contributed by atoms with Crippen molar-refractivity contribution < 1.29 is 22.7 Å². The number of hydrogen-bond donors (Lipinski definition) is 2. The summed E-state index contributed by atoms with van der Waals surface area (Å²) in [5.41, 5.74) is 0. The minimum atomic E-state index is -4.29. The lowest BCUT2D eigenvalue weighted by Crippen LogP contribution is -2.41. The Hall–Kier alpha value is -0.830. The number of sulfonamides is 1. The maximum absolute atomic E-state index is 13.7. The van der Waals surface area contributed by atoms with Crippen LogP contribution in [0.5, 0.6) is 0 Å². The molecule has 1 aromatic rings. The third kappa shape index (κ3) is 4.34. The molecule has 0 saturated carbocycles. The molecule has 0 bridgehead atoms. The van der Waals surface area contributed by atoms with Crippen LogP contribution < -0.4 is 4.72 Å². The number of thioether (sulfide) groups is 1. The summed E-state index contributed by atoms with van der Waals surface area (Å²) in [6.07, 6.45) is 1.86. The van der Waals surface area contributed by atoms with Crippen LogP contribution in [-0.4, -0.2) is 37.5 Å². The van der Waals surface area contributed by atoms with Crippen molar-refractivity contribution in [2.45, 2.75) is 17.4 Å². The second kappa shape index (κ2) is 7.26. The molecular formula is C11H13ClFNO4S2. The van der Waals surface area contributed by atoms with Crippen molar-refractivity contribution >= 4 is 39.4 Å². The monoisotopic (exact) mass is 341 g/mol. The van der Waals surface area contributed by atoms with Gasteiger partial charge >= 0.3 is 5.97 Å². The summed E-state index contributed by atoms with van der Waals surface area (Å²) in [6.45, 7) is 0. The van der Waals surface area contributed by atoms with Gasteiger partial charge in [0.2, 0.25) is 10.0 Å². The zero-order valence-corrected chi connectivity index (χ0v) is 12.9. The van der Waals surface area contributed by atoms with Gasteiger partial charge in [0.1, 0.15) is 10.9 Å². The SMILES string of the molecule is CSCCC(NS(=O)(=O)c1cccc(Cl)c1F)C(=O)O. The van der Waals surface area contributed by atoms with Crippen LogP contribution in [0.3, 0.4) is 0 Å². The Kier molecular flexibility index (Phi) is 6.25. The van der Waals surface area contributed by atoms with E-state index in [0.29, 0.717) is 5.75 Å². The summed E-state index contributed by atoms with van der Waals surface area (Å²) in [5, 5.41) is 8.63. The van der Waals surface area contributed by atoms with E-state index in [4.69, 9.17) is 16.7 Å². The van der Waals surface area contributed by atoms with Crippen molar-refractivity contribution in [3.8, 4) is 0 Å². The first-order valence-electron chi connectivity index (χ1n) is 5.47. The Morgan fingerprint density at radius 3 is 2.75 bits per heavy atom. The van der Waals surface area contributed by atoms with E-state index in [1.54, 1.807) is 6.26 Å². The van der Waals surface area contributed by atoms with Crippen LogP contribution >= 0.6 is 23.4 Å². The van der Waals surface area contributed by atoms with Gasteiger partial charge in [0, 0.05) is 0 Å². The van der Waals surface area contributed by atoms with Gasteiger partial charge in [-0.15, -0.1) is 0 Å². The quantitative estimate of drug-likeness (QED) is 0.792. The molecule has 1 atom stereocenters. The van der Waals surface area contributed by atoms with Gasteiger partial charge in [0.15, 0.2) is 5.82 Å². The molecule has 0 heterocycles. The van der Waals surface area contributed by atoms with Crippen LogP contribution in [0.15, 0.2) is 23.1 Å². The molecule has 1 rings (SSSR count). The first-order valence-corrected chi connectivity index (χ1v) is 8.73. The second-order valence-electron chi connectivity index (χ2n) is 3.85. The molecule has 0 fully saturated rings. The molecule has 5 nitrogen and oxygen atoms in total. The molecule has 0 aromatic heterocycles. The lowest BCUT2D eigenvalue weighted by Gasteiger charge is -2.14. The van der Waals surface area contributed by atoms with E-state index in [-0.39, 0.29) is 11.4 Å². The highest BCUT2D eigenvalue weighted by molar-refractivity contribution is 7.98. The number of hydrogen-bond acceptors (Lipinski definition) is 4. The number of rotatable bonds is 7. The molecule has 0 amide bonds. The van der Waals surface area contributed by atoms with E-state index < -0.39 is 32.7 Å². The number of carboxylic acid groups (broad SMARTS) is 1. The molecule has 0 radical (unpaired) electrons. The normalized spacial score (nSPS) is 13.2. The maximum atomic E-state index is 13.7. The number of halogens is 2. The Bertz CT molecular complexity index is 594. The van der Waals surface area contributed by atoms with E-state index in [1.807, 2.05) is 4.72 Å². The van der Waals surface area contributed by atoms with Gasteiger partial charge in [0.25, 0.3) is 0 Å². The number of aliphatic carboxylic acids is 1. The summed E-state index contributed by atoms with van der Waals surface area (Å²) >= 11 is 6.90. The van der Waals surface area contributed by atoms with E-state index in [9.17, 15) is 17.6 Å². The van der Waals surface area contributed by atoms with Gasteiger partial charge in [0.05, 0.1) is 5.02 Å². The molecule has 20 heavy (non-hydrogen) atoms. The van der Waals surface area contributed by atoms with E-state index in [2.05, 4.69) is 0 Å². The Morgan fingerprint density at radius 1 is 1.55 bits per heavy atom. The topological polar surface area (TPSA) is 83.5 Å². The van der Waals surface area contributed by atoms with Crippen molar-refractivity contribution in [3.05, 3.63) is 29.0 Å². The fourth-order valence-electron chi connectivity index (χ4n) is 1.41. The predicted octanol–water partition coefficient (Wildman–Crippen LogP) is 1.96. The standard InChI is InChI=1S/C11H13ClFNO4S2/c1-19-6-5-8(11(15)16)14-20(17,18)9-4-2-3-7(12)10(9)13/h2-4,8,14H,5-6H2,1H3,(H,15,16). The minimum absolute atomic E-state index is 0.0952. The molecule has 2 N–H and O–H groups in total. The Balaban J connectivity index is 3.04. The first-order chi connectivity index (χ1) is 9.29. The smallest absolute Gasteiger partial charge is 0.321 e. The van der Waals surface area contributed by atoms with Crippen LogP contribution in [0.2, 0.25) is 5.02 Å². The summed E-state index contributed by atoms with van der Waals surface area (Å²) in [7, 11) is -4.29. The lowest BCUT2D eigenvalue weighted by atomic mass is 10.2. The first kappa shape index (κ1) is 17.2. The number of carboxylic acids is 1. The summed E-state index contributed by atoms with van der Waals surface area (Å²) in [5.74, 6) is -1.96. The second-order valence-corrected chi connectivity index (χ2v) is 6.92. The van der Waals surface area contributed by atoms with Crippen LogP contribution in [0.1, 0.15) is 6.42 Å². The van der Waals surface area contributed by atoms with Crippen molar-refractivity contribution in [1.82, 2.24) is 4.72 Å². The molecule has 0 saturated heterocycles. The van der Waals surface area contributed by atoms with Crippen molar-refractivity contribution in [2.24, 2.45) is 0 Å². The highest BCUT2D eigenvalue weighted by Crippen LogP contribution is 2.22. The third-order valence-corrected chi connectivity index (χ3v) is 4.84. The van der Waals surface area contributed by atoms with Gasteiger partial charge in [-0.2, -0.15) is 16.5 Å². The molecule has 0 aliphatic rings. The minimum Gasteiger partial charge on any atom is -0.480 e. The van der Waals surface area contributed by atoms with Crippen LogP contribution in [0.4, 0.5) is 4.39 Å².